The molecule has 2 atom stereocenters. The molecule has 1 aromatic rings. The molecular formula is C13H22ClN3. The Balaban J connectivity index is 2.00. The predicted molar refractivity (Wildman–Crippen MR) is 70.2 cm³/mol. The molecule has 0 amide bonds. The Labute approximate surface area is 109 Å². The fraction of sp³-hybridized carbons (Fsp3) is 0.846. The largest absolute Gasteiger partial charge is 0.250 e. The lowest BCUT2D eigenvalue weighted by atomic mass is 9.96. The van der Waals surface area contributed by atoms with Crippen LogP contribution in [0.4, 0.5) is 0 Å². The minimum atomic E-state index is 0.323. The monoisotopic (exact) mass is 255 g/mol. The van der Waals surface area contributed by atoms with Crippen molar-refractivity contribution in [3.8, 4) is 0 Å². The van der Waals surface area contributed by atoms with Crippen LogP contribution in [0.1, 0.15) is 51.3 Å². The smallest absolute Gasteiger partial charge is 0.138 e. The summed E-state index contributed by atoms with van der Waals surface area (Å²) < 4.78 is 2.04. The van der Waals surface area contributed by atoms with E-state index < -0.39 is 0 Å². The molecular weight excluding hydrogens is 234 g/mol. The molecule has 1 aliphatic rings. The lowest BCUT2D eigenvalue weighted by Gasteiger charge is -2.19. The summed E-state index contributed by atoms with van der Waals surface area (Å²) in [6.45, 7) is 3.14. The van der Waals surface area contributed by atoms with Gasteiger partial charge in [-0.15, -0.1) is 11.6 Å². The topological polar surface area (TPSA) is 30.7 Å². The average molecular weight is 256 g/mol. The van der Waals surface area contributed by atoms with Gasteiger partial charge in [0.2, 0.25) is 0 Å². The summed E-state index contributed by atoms with van der Waals surface area (Å²) in [4.78, 5) is 4.39. The highest BCUT2D eigenvalue weighted by Crippen LogP contribution is 2.29. The maximum atomic E-state index is 6.48. The second kappa shape index (κ2) is 6.39. The Kier molecular flexibility index (Phi) is 4.84. The summed E-state index contributed by atoms with van der Waals surface area (Å²) in [6.07, 6.45) is 10.1. The maximum Gasteiger partial charge on any atom is 0.138 e. The van der Waals surface area contributed by atoms with E-state index in [0.29, 0.717) is 11.3 Å². The number of alkyl halides is 1. The van der Waals surface area contributed by atoms with Crippen molar-refractivity contribution in [1.29, 1.82) is 0 Å². The zero-order valence-corrected chi connectivity index (χ0v) is 11.4. The Bertz CT molecular complexity index is 337. The molecule has 17 heavy (non-hydrogen) atoms. The molecule has 0 bridgehead atoms. The van der Waals surface area contributed by atoms with Crippen molar-refractivity contribution in [3.63, 3.8) is 0 Å². The standard InChI is InChI=1S/C13H22ClN3/c1-2-8-17-13(15-10-16-17)9-11-6-4-3-5-7-12(11)14/h10-12H,2-9H2,1H3. The van der Waals surface area contributed by atoms with Gasteiger partial charge in [0.1, 0.15) is 12.2 Å². The van der Waals surface area contributed by atoms with Crippen molar-refractivity contribution in [2.45, 2.75) is 63.8 Å². The Morgan fingerprint density at radius 2 is 2.18 bits per heavy atom. The highest BCUT2D eigenvalue weighted by molar-refractivity contribution is 6.20. The van der Waals surface area contributed by atoms with Gasteiger partial charge in [0.25, 0.3) is 0 Å². The number of hydrogen-bond donors (Lipinski definition) is 0. The molecule has 0 aromatic carbocycles. The second-order valence-corrected chi connectivity index (χ2v) is 5.58. The number of halogens is 1. The molecule has 1 heterocycles. The number of rotatable bonds is 4. The first-order valence-corrected chi connectivity index (χ1v) is 7.25. The highest BCUT2D eigenvalue weighted by Gasteiger charge is 2.23. The summed E-state index contributed by atoms with van der Waals surface area (Å²) in [7, 11) is 0. The Morgan fingerprint density at radius 1 is 1.35 bits per heavy atom. The molecule has 4 heteroatoms. The van der Waals surface area contributed by atoms with Crippen molar-refractivity contribution in [2.24, 2.45) is 5.92 Å². The molecule has 96 valence electrons. The van der Waals surface area contributed by atoms with E-state index in [9.17, 15) is 0 Å². The van der Waals surface area contributed by atoms with Crippen LogP contribution in [0.2, 0.25) is 0 Å². The van der Waals surface area contributed by atoms with Gasteiger partial charge in [0.05, 0.1) is 0 Å². The van der Waals surface area contributed by atoms with Gasteiger partial charge in [-0.05, 0) is 25.2 Å². The van der Waals surface area contributed by atoms with Gasteiger partial charge in [-0.1, -0.05) is 26.2 Å². The first kappa shape index (κ1) is 12.9. The van der Waals surface area contributed by atoms with E-state index in [1.54, 1.807) is 6.33 Å². The predicted octanol–water partition coefficient (Wildman–Crippen LogP) is 3.42. The van der Waals surface area contributed by atoms with Crippen molar-refractivity contribution in [2.75, 3.05) is 0 Å². The van der Waals surface area contributed by atoms with Crippen LogP contribution >= 0.6 is 11.6 Å². The highest BCUT2D eigenvalue weighted by atomic mass is 35.5. The Morgan fingerprint density at radius 3 is 3.00 bits per heavy atom. The van der Waals surface area contributed by atoms with E-state index in [4.69, 9.17) is 11.6 Å². The molecule has 3 nitrogen and oxygen atoms in total. The molecule has 0 N–H and O–H groups in total. The molecule has 2 rings (SSSR count). The average Bonchev–Trinajstić information content (AvgIpc) is 2.64. The van der Waals surface area contributed by atoms with E-state index >= 15 is 0 Å². The SMILES string of the molecule is CCCn1ncnc1CC1CCCCCC1Cl. The van der Waals surface area contributed by atoms with E-state index in [-0.39, 0.29) is 0 Å². The molecule has 1 fully saturated rings. The Hall–Kier alpha value is -0.570. The minimum Gasteiger partial charge on any atom is -0.250 e. The maximum absolute atomic E-state index is 6.48. The van der Waals surface area contributed by atoms with Crippen LogP contribution in [-0.2, 0) is 13.0 Å². The summed E-state index contributed by atoms with van der Waals surface area (Å²) in [5, 5.41) is 4.61. The molecule has 0 spiro atoms. The van der Waals surface area contributed by atoms with Crippen LogP contribution < -0.4 is 0 Å². The third-order valence-corrected chi connectivity index (χ3v) is 4.22. The van der Waals surface area contributed by atoms with Crippen LogP contribution in [0, 0.1) is 5.92 Å². The fourth-order valence-electron chi connectivity index (χ4n) is 2.65. The van der Waals surface area contributed by atoms with Gasteiger partial charge in [0.15, 0.2) is 0 Å². The van der Waals surface area contributed by atoms with Crippen LogP contribution in [0.5, 0.6) is 0 Å². The van der Waals surface area contributed by atoms with Crippen LogP contribution in [0.25, 0.3) is 0 Å². The van der Waals surface area contributed by atoms with Crippen LogP contribution in [0.15, 0.2) is 6.33 Å². The molecule has 0 saturated heterocycles. The van der Waals surface area contributed by atoms with Crippen LogP contribution in [0.3, 0.4) is 0 Å². The minimum absolute atomic E-state index is 0.323. The lowest BCUT2D eigenvalue weighted by Crippen LogP contribution is -2.19. The molecule has 0 radical (unpaired) electrons. The zero-order chi connectivity index (χ0) is 12.1. The second-order valence-electron chi connectivity index (χ2n) is 5.02. The number of aromatic nitrogens is 3. The van der Waals surface area contributed by atoms with Crippen LogP contribution in [-0.4, -0.2) is 20.1 Å². The molecule has 1 aromatic heterocycles. The normalized spacial score (nSPS) is 25.8. The van der Waals surface area contributed by atoms with E-state index in [2.05, 4.69) is 17.0 Å². The molecule has 2 unspecified atom stereocenters. The van der Waals surface area contributed by atoms with Crippen molar-refractivity contribution >= 4 is 11.6 Å². The zero-order valence-electron chi connectivity index (χ0n) is 10.6. The van der Waals surface area contributed by atoms with Gasteiger partial charge < -0.3 is 0 Å². The van der Waals surface area contributed by atoms with Gasteiger partial charge in [-0.25, -0.2) is 4.98 Å². The quantitative estimate of drug-likeness (QED) is 0.610. The van der Waals surface area contributed by atoms with E-state index in [1.165, 1.54) is 25.7 Å². The number of nitrogens with zero attached hydrogens (tertiary/aromatic N) is 3. The van der Waals surface area contributed by atoms with E-state index in [1.807, 2.05) is 4.68 Å². The number of hydrogen-bond acceptors (Lipinski definition) is 2. The first-order chi connectivity index (χ1) is 8.31. The molecule has 0 aliphatic heterocycles. The summed E-state index contributed by atoms with van der Waals surface area (Å²) >= 11 is 6.48. The summed E-state index contributed by atoms with van der Waals surface area (Å²) in [5.74, 6) is 1.70. The van der Waals surface area contributed by atoms with Gasteiger partial charge in [0, 0.05) is 18.3 Å². The van der Waals surface area contributed by atoms with Gasteiger partial charge in [-0.3, -0.25) is 4.68 Å². The third kappa shape index (κ3) is 3.44. The van der Waals surface area contributed by atoms with Crippen molar-refractivity contribution < 1.29 is 0 Å². The summed E-state index contributed by atoms with van der Waals surface area (Å²) in [6, 6.07) is 0. The summed E-state index contributed by atoms with van der Waals surface area (Å²) in [5.41, 5.74) is 0. The first-order valence-electron chi connectivity index (χ1n) is 6.82. The lowest BCUT2D eigenvalue weighted by molar-refractivity contribution is 0.436. The van der Waals surface area contributed by atoms with Gasteiger partial charge in [-0.2, -0.15) is 5.10 Å². The van der Waals surface area contributed by atoms with Crippen molar-refractivity contribution in [1.82, 2.24) is 14.8 Å². The third-order valence-electron chi connectivity index (χ3n) is 3.64. The fourth-order valence-corrected chi connectivity index (χ4v) is 3.02. The molecule has 1 saturated carbocycles. The number of aryl methyl sites for hydroxylation is 1. The van der Waals surface area contributed by atoms with Crippen molar-refractivity contribution in [3.05, 3.63) is 12.2 Å². The molecule has 1 aliphatic carbocycles. The van der Waals surface area contributed by atoms with E-state index in [0.717, 1.165) is 31.6 Å². The van der Waals surface area contributed by atoms with Gasteiger partial charge >= 0.3 is 0 Å².